The third-order valence-electron chi connectivity index (χ3n) is 6.40. The van der Waals surface area contributed by atoms with E-state index in [2.05, 4.69) is 20.5 Å². The Morgan fingerprint density at radius 3 is 2.32 bits per heavy atom. The van der Waals surface area contributed by atoms with E-state index in [0.29, 0.717) is 38.4 Å². The number of nitrogens with one attached hydrogen (secondary N) is 2. The van der Waals surface area contributed by atoms with Crippen LogP contribution >= 0.6 is 0 Å². The van der Waals surface area contributed by atoms with Gasteiger partial charge in [-0.05, 0) is 38.0 Å². The summed E-state index contributed by atoms with van der Waals surface area (Å²) in [6.07, 6.45) is 11.0. The van der Waals surface area contributed by atoms with E-state index in [1.54, 1.807) is 7.05 Å². The molecule has 0 aromatic rings. The Balaban J connectivity index is 1.33. The molecule has 1 saturated carbocycles. The van der Waals surface area contributed by atoms with Gasteiger partial charge in [0.1, 0.15) is 0 Å². The molecule has 0 radical (unpaired) electrons. The summed E-state index contributed by atoms with van der Waals surface area (Å²) < 4.78 is 0. The minimum atomic E-state index is -0.0497. The minimum Gasteiger partial charge on any atom is -0.355 e. The molecule has 0 atom stereocenters. The van der Waals surface area contributed by atoms with Crippen LogP contribution < -0.4 is 10.6 Å². The molecule has 3 rings (SSSR count). The predicted molar refractivity (Wildman–Crippen MR) is 111 cm³/mol. The Hall–Kier alpha value is -1.63. The zero-order chi connectivity index (χ0) is 19.8. The van der Waals surface area contributed by atoms with E-state index < -0.39 is 0 Å². The van der Waals surface area contributed by atoms with Crippen molar-refractivity contribution < 1.29 is 9.59 Å². The number of amides is 2. The molecule has 2 heterocycles. The minimum absolute atomic E-state index is 0.0497. The van der Waals surface area contributed by atoms with E-state index in [1.807, 2.05) is 0 Å². The van der Waals surface area contributed by atoms with Gasteiger partial charge in [0.15, 0.2) is 5.96 Å². The molecule has 158 valence electrons. The van der Waals surface area contributed by atoms with Gasteiger partial charge in [-0.2, -0.15) is 0 Å². The lowest BCUT2D eigenvalue weighted by Crippen LogP contribution is -2.51. The van der Waals surface area contributed by atoms with E-state index in [-0.39, 0.29) is 11.8 Å². The van der Waals surface area contributed by atoms with Crippen LogP contribution in [0, 0.1) is 5.92 Å². The zero-order valence-corrected chi connectivity index (χ0v) is 17.4. The maximum Gasteiger partial charge on any atom is 0.229 e. The summed E-state index contributed by atoms with van der Waals surface area (Å²) in [4.78, 5) is 32.1. The lowest BCUT2D eigenvalue weighted by atomic mass is 9.88. The summed E-state index contributed by atoms with van der Waals surface area (Å²) >= 11 is 0. The van der Waals surface area contributed by atoms with Gasteiger partial charge in [-0.15, -0.1) is 0 Å². The molecular formula is C21H37N5O2. The Bertz CT molecular complexity index is 535. The highest BCUT2D eigenvalue weighted by Crippen LogP contribution is 2.25. The Morgan fingerprint density at radius 2 is 1.68 bits per heavy atom. The first-order chi connectivity index (χ1) is 13.7. The van der Waals surface area contributed by atoms with Crippen LogP contribution in [0.1, 0.15) is 64.2 Å². The summed E-state index contributed by atoms with van der Waals surface area (Å²) in [5, 5.41) is 6.78. The highest BCUT2D eigenvalue weighted by atomic mass is 16.2. The van der Waals surface area contributed by atoms with Crippen molar-refractivity contribution in [1.82, 2.24) is 20.4 Å². The molecule has 7 nitrogen and oxygen atoms in total. The standard InChI is InChI=1S/C21H37N5O2/c1-22-21(23-12-15-26-19(27)8-5-9-20(26)28)24-18-10-13-25(14-11-18)16-17-6-3-2-4-7-17/h17-18H,2-16H2,1H3,(H2,22,23,24). The molecule has 0 aromatic heterocycles. The summed E-state index contributed by atoms with van der Waals surface area (Å²) in [6.45, 7) is 4.54. The van der Waals surface area contributed by atoms with Gasteiger partial charge in [-0.3, -0.25) is 19.5 Å². The second-order valence-corrected chi connectivity index (χ2v) is 8.51. The van der Waals surface area contributed by atoms with Crippen LogP contribution in [0.25, 0.3) is 0 Å². The average Bonchev–Trinajstić information content (AvgIpc) is 2.71. The van der Waals surface area contributed by atoms with Crippen molar-refractivity contribution in [2.45, 2.75) is 70.3 Å². The second kappa shape index (κ2) is 10.8. The fourth-order valence-electron chi connectivity index (χ4n) is 4.72. The molecule has 3 aliphatic rings. The fraction of sp³-hybridized carbons (Fsp3) is 0.857. The first-order valence-electron chi connectivity index (χ1n) is 11.2. The number of hydrogen-bond donors (Lipinski definition) is 2. The Labute approximate surface area is 169 Å². The van der Waals surface area contributed by atoms with Gasteiger partial charge < -0.3 is 15.5 Å². The SMILES string of the molecule is CN=C(NCCN1C(=O)CCCC1=O)NC1CCN(CC2CCCCC2)CC1. The molecule has 0 spiro atoms. The van der Waals surface area contributed by atoms with E-state index in [9.17, 15) is 9.59 Å². The van der Waals surface area contributed by atoms with Crippen molar-refractivity contribution in [3.63, 3.8) is 0 Å². The average molecular weight is 392 g/mol. The predicted octanol–water partition coefficient (Wildman–Crippen LogP) is 1.74. The van der Waals surface area contributed by atoms with Crippen LogP contribution in [0.3, 0.4) is 0 Å². The van der Waals surface area contributed by atoms with E-state index in [0.717, 1.165) is 37.8 Å². The number of carbonyl (C=O) groups is 2. The van der Waals surface area contributed by atoms with Crippen molar-refractivity contribution in [1.29, 1.82) is 0 Å². The molecule has 0 unspecified atom stereocenters. The number of piperidine rings is 2. The third-order valence-corrected chi connectivity index (χ3v) is 6.40. The van der Waals surface area contributed by atoms with Crippen LogP contribution in [0.4, 0.5) is 0 Å². The smallest absolute Gasteiger partial charge is 0.229 e. The molecule has 2 amide bonds. The normalized spacial score (nSPS) is 23.9. The second-order valence-electron chi connectivity index (χ2n) is 8.51. The van der Waals surface area contributed by atoms with Gasteiger partial charge >= 0.3 is 0 Å². The van der Waals surface area contributed by atoms with Crippen molar-refractivity contribution in [3.8, 4) is 0 Å². The number of aliphatic imine (C=N–C) groups is 1. The van der Waals surface area contributed by atoms with Crippen LogP contribution in [0.2, 0.25) is 0 Å². The lowest BCUT2D eigenvalue weighted by molar-refractivity contribution is -0.147. The summed E-state index contributed by atoms with van der Waals surface area (Å²) in [6, 6.07) is 0.437. The number of nitrogens with zero attached hydrogens (tertiary/aromatic N) is 3. The van der Waals surface area contributed by atoms with E-state index >= 15 is 0 Å². The van der Waals surface area contributed by atoms with Crippen LogP contribution in [0.15, 0.2) is 4.99 Å². The molecule has 3 fully saturated rings. The Kier molecular flexibility index (Phi) is 8.13. The highest BCUT2D eigenvalue weighted by Gasteiger charge is 2.26. The van der Waals surface area contributed by atoms with Crippen LogP contribution in [-0.2, 0) is 9.59 Å². The first kappa shape index (κ1) is 21.1. The van der Waals surface area contributed by atoms with Gasteiger partial charge in [0, 0.05) is 58.7 Å². The summed E-state index contributed by atoms with van der Waals surface area (Å²) in [7, 11) is 1.77. The van der Waals surface area contributed by atoms with Crippen molar-refractivity contribution in [2.24, 2.45) is 10.9 Å². The molecule has 0 aromatic carbocycles. The van der Waals surface area contributed by atoms with Gasteiger partial charge in [0.05, 0.1) is 0 Å². The quantitative estimate of drug-likeness (QED) is 0.410. The maximum absolute atomic E-state index is 11.9. The lowest BCUT2D eigenvalue weighted by Gasteiger charge is -2.36. The molecule has 2 saturated heterocycles. The third kappa shape index (κ3) is 6.19. The van der Waals surface area contributed by atoms with Gasteiger partial charge in [-0.1, -0.05) is 19.3 Å². The summed E-state index contributed by atoms with van der Waals surface area (Å²) in [5.41, 5.74) is 0. The molecule has 1 aliphatic carbocycles. The number of carbonyl (C=O) groups excluding carboxylic acids is 2. The van der Waals surface area contributed by atoms with Gasteiger partial charge in [-0.25, -0.2) is 0 Å². The molecule has 28 heavy (non-hydrogen) atoms. The molecular weight excluding hydrogens is 354 g/mol. The van der Waals surface area contributed by atoms with Crippen LogP contribution in [-0.4, -0.2) is 73.4 Å². The van der Waals surface area contributed by atoms with Gasteiger partial charge in [0.2, 0.25) is 11.8 Å². The maximum atomic E-state index is 11.9. The van der Waals surface area contributed by atoms with Crippen molar-refractivity contribution in [2.75, 3.05) is 39.8 Å². The number of likely N-dealkylation sites (tertiary alicyclic amines) is 2. The van der Waals surface area contributed by atoms with E-state index in [4.69, 9.17) is 0 Å². The van der Waals surface area contributed by atoms with Crippen molar-refractivity contribution >= 4 is 17.8 Å². The van der Waals surface area contributed by atoms with Crippen molar-refractivity contribution in [3.05, 3.63) is 0 Å². The fourth-order valence-corrected chi connectivity index (χ4v) is 4.72. The number of imide groups is 1. The largest absolute Gasteiger partial charge is 0.355 e. The zero-order valence-electron chi connectivity index (χ0n) is 17.4. The highest BCUT2D eigenvalue weighted by molar-refractivity contribution is 5.97. The number of hydrogen-bond acceptors (Lipinski definition) is 4. The molecule has 7 heteroatoms. The number of rotatable bonds is 6. The van der Waals surface area contributed by atoms with Gasteiger partial charge in [0.25, 0.3) is 0 Å². The number of guanidine groups is 1. The first-order valence-corrected chi connectivity index (χ1v) is 11.2. The van der Waals surface area contributed by atoms with E-state index in [1.165, 1.54) is 43.5 Å². The summed E-state index contributed by atoms with van der Waals surface area (Å²) in [5.74, 6) is 1.58. The van der Waals surface area contributed by atoms with Crippen LogP contribution in [0.5, 0.6) is 0 Å². The molecule has 2 aliphatic heterocycles. The molecule has 2 N–H and O–H groups in total. The topological polar surface area (TPSA) is 77.0 Å². The molecule has 0 bridgehead atoms. The Morgan fingerprint density at radius 1 is 1.00 bits per heavy atom. The monoisotopic (exact) mass is 391 g/mol.